The van der Waals surface area contributed by atoms with Crippen molar-refractivity contribution < 1.29 is 47.5 Å². The molecule has 0 aromatic heterocycles. The lowest BCUT2D eigenvalue weighted by atomic mass is 10.0. The summed E-state index contributed by atoms with van der Waals surface area (Å²) in [5.74, 6) is -0.0463. The number of carbonyl (C=O) groups is 2. The normalized spacial score (nSPS) is 33.1. The zero-order valence-electron chi connectivity index (χ0n) is 18.7. The van der Waals surface area contributed by atoms with E-state index in [-0.39, 0.29) is 5.97 Å². The van der Waals surface area contributed by atoms with Gasteiger partial charge < -0.3 is 37.9 Å². The second-order valence-electron chi connectivity index (χ2n) is 8.14. The molecule has 7 aliphatic heterocycles. The van der Waals surface area contributed by atoms with Crippen LogP contribution in [0.1, 0.15) is 51.4 Å². The monoisotopic (exact) mass is 460 g/mol. The van der Waals surface area contributed by atoms with Crippen LogP contribution in [0, 0.1) is 0 Å². The number of hydrogen-bond donors (Lipinski definition) is 0. The molecule has 0 radical (unpaired) electrons. The molecule has 0 aliphatic carbocycles. The van der Waals surface area contributed by atoms with Crippen LogP contribution in [-0.2, 0) is 42.7 Å². The van der Waals surface area contributed by atoms with E-state index in [4.69, 9.17) is 23.7 Å². The predicted octanol–water partition coefficient (Wildman–Crippen LogP) is 2.36. The molecule has 7 rings (SSSR count). The molecule has 7 heterocycles. The van der Waals surface area contributed by atoms with Crippen molar-refractivity contribution in [1.82, 2.24) is 0 Å². The summed E-state index contributed by atoms with van der Waals surface area (Å²) in [7, 11) is 0. The third kappa shape index (κ3) is 9.58. The molecule has 0 aromatic carbocycles. The highest BCUT2D eigenvalue weighted by Gasteiger charge is 2.33. The molecule has 0 spiro atoms. The van der Waals surface area contributed by atoms with E-state index in [9.17, 15) is 9.59 Å². The van der Waals surface area contributed by atoms with Crippen molar-refractivity contribution in [3.8, 4) is 0 Å². The highest BCUT2D eigenvalue weighted by molar-refractivity contribution is 5.70. The van der Waals surface area contributed by atoms with Gasteiger partial charge in [0.1, 0.15) is 20.0 Å². The van der Waals surface area contributed by atoms with Crippen LogP contribution in [0.5, 0.6) is 0 Å². The Labute approximate surface area is 189 Å². The first-order chi connectivity index (χ1) is 15.7. The first-order valence-corrected chi connectivity index (χ1v) is 11.7. The summed E-state index contributed by atoms with van der Waals surface area (Å²) in [5, 5.41) is 0. The van der Waals surface area contributed by atoms with Crippen molar-refractivity contribution in [3.05, 3.63) is 0 Å². The van der Waals surface area contributed by atoms with Gasteiger partial charge in [0.05, 0.1) is 44.2 Å². The zero-order chi connectivity index (χ0) is 22.4. The Morgan fingerprint density at radius 2 is 1.16 bits per heavy atom. The van der Waals surface area contributed by atoms with Crippen LogP contribution >= 0.6 is 0 Å². The molecule has 0 N–H and O–H groups in total. The van der Waals surface area contributed by atoms with E-state index in [0.717, 1.165) is 45.7 Å². The Bertz CT molecular complexity index is 471. The first kappa shape index (κ1) is 25.2. The van der Waals surface area contributed by atoms with Crippen LogP contribution in [0.15, 0.2) is 0 Å². The SMILES string of the molecule is C1CC2CCC1O2.C1CC2OCCC2O1.C1COCO1.O=C1CCCO1.O=C1OCCO1. The summed E-state index contributed by atoms with van der Waals surface area (Å²) in [6.07, 6.45) is 10.8. The largest absolute Gasteiger partial charge is 0.508 e. The van der Waals surface area contributed by atoms with Crippen LogP contribution in [0.25, 0.3) is 0 Å². The molecule has 2 bridgehead atoms. The van der Waals surface area contributed by atoms with Crippen LogP contribution < -0.4 is 0 Å². The Morgan fingerprint density at radius 3 is 1.41 bits per heavy atom. The molecule has 2 unspecified atom stereocenters. The molecule has 0 saturated carbocycles. The molecule has 7 aliphatic rings. The number of esters is 1. The lowest BCUT2D eigenvalue weighted by Gasteiger charge is -2.03. The van der Waals surface area contributed by atoms with E-state index >= 15 is 0 Å². The third-order valence-electron chi connectivity index (χ3n) is 5.74. The summed E-state index contributed by atoms with van der Waals surface area (Å²) < 4.78 is 38.7. The van der Waals surface area contributed by atoms with Gasteiger partial charge in [-0.15, -0.1) is 0 Å². The maximum Gasteiger partial charge on any atom is 0.508 e. The fraction of sp³-hybridized carbons (Fsp3) is 0.909. The Hall–Kier alpha value is -1.46. The molecule has 10 nitrogen and oxygen atoms in total. The maximum absolute atomic E-state index is 10.0. The maximum atomic E-state index is 10.0. The average molecular weight is 461 g/mol. The van der Waals surface area contributed by atoms with Gasteiger partial charge in [0, 0.05) is 19.6 Å². The minimum Gasteiger partial charge on any atom is -0.466 e. The highest BCUT2D eigenvalue weighted by Crippen LogP contribution is 2.33. The quantitative estimate of drug-likeness (QED) is 0.500. The molecule has 184 valence electrons. The van der Waals surface area contributed by atoms with Crippen LogP contribution in [-0.4, -0.2) is 89.6 Å². The Balaban J connectivity index is 0.000000114. The van der Waals surface area contributed by atoms with Gasteiger partial charge in [-0.2, -0.15) is 0 Å². The highest BCUT2D eigenvalue weighted by atomic mass is 16.8. The van der Waals surface area contributed by atoms with Gasteiger partial charge in [0.2, 0.25) is 0 Å². The van der Waals surface area contributed by atoms with Gasteiger partial charge in [-0.3, -0.25) is 4.79 Å². The van der Waals surface area contributed by atoms with Crippen molar-refractivity contribution in [2.75, 3.05) is 53.0 Å². The topological polar surface area (TPSA) is 108 Å². The minimum atomic E-state index is -0.546. The number of cyclic esters (lactones) is 3. The molecule has 7 saturated heterocycles. The standard InChI is InChI=1S/C6H10O2.C6H10O.C4H6O2.C3H4O3.C3H6O2/c1-3-7-6-2-4-8-5(1)6;1-2-6-4-3-5(1)7-6;5-4-2-1-3-6-4;4-3-5-1-2-6-3;1-2-5-3-4-1/h5-6H,1-4H2;5-6H,1-4H2;1-3H2;1-2H2;1-3H2. The van der Waals surface area contributed by atoms with Gasteiger partial charge in [-0.05, 0) is 44.9 Å². The fourth-order valence-corrected chi connectivity index (χ4v) is 4.06. The van der Waals surface area contributed by atoms with Crippen molar-refractivity contribution in [3.63, 3.8) is 0 Å². The molecule has 10 heteroatoms. The second-order valence-corrected chi connectivity index (χ2v) is 8.14. The van der Waals surface area contributed by atoms with Gasteiger partial charge >= 0.3 is 12.1 Å². The number of carbonyl (C=O) groups excluding carboxylic acids is 2. The molecule has 0 aromatic rings. The predicted molar refractivity (Wildman–Crippen MR) is 110 cm³/mol. The molecule has 32 heavy (non-hydrogen) atoms. The first-order valence-electron chi connectivity index (χ1n) is 11.7. The van der Waals surface area contributed by atoms with E-state index < -0.39 is 6.16 Å². The van der Waals surface area contributed by atoms with Crippen molar-refractivity contribution in [1.29, 1.82) is 0 Å². The summed E-state index contributed by atoms with van der Waals surface area (Å²) in [4.78, 5) is 19.8. The van der Waals surface area contributed by atoms with Gasteiger partial charge in [0.25, 0.3) is 0 Å². The average Bonchev–Trinajstić information content (AvgIpc) is 3.61. The number of fused-ring (bicyclic) bond motifs is 3. The van der Waals surface area contributed by atoms with Gasteiger partial charge in [-0.25, -0.2) is 4.79 Å². The molecule has 7 fully saturated rings. The van der Waals surface area contributed by atoms with Crippen LogP contribution in [0.2, 0.25) is 0 Å². The van der Waals surface area contributed by atoms with Gasteiger partial charge in [0.15, 0.2) is 0 Å². The Kier molecular flexibility index (Phi) is 11.5. The lowest BCUT2D eigenvalue weighted by Crippen LogP contribution is -2.13. The van der Waals surface area contributed by atoms with E-state index in [0.29, 0.717) is 57.5 Å². The Morgan fingerprint density at radius 1 is 0.594 bits per heavy atom. The molecular formula is C22H36O10. The zero-order valence-corrected chi connectivity index (χ0v) is 18.7. The second kappa shape index (κ2) is 14.6. The molecular weight excluding hydrogens is 424 g/mol. The van der Waals surface area contributed by atoms with E-state index in [1.165, 1.54) is 25.7 Å². The van der Waals surface area contributed by atoms with Gasteiger partial charge in [-0.1, -0.05) is 0 Å². The summed E-state index contributed by atoms with van der Waals surface area (Å²) in [6, 6.07) is 0. The van der Waals surface area contributed by atoms with Crippen LogP contribution in [0.4, 0.5) is 4.79 Å². The lowest BCUT2D eigenvalue weighted by molar-refractivity contribution is -0.137. The third-order valence-corrected chi connectivity index (χ3v) is 5.74. The number of rotatable bonds is 0. The molecule has 2 atom stereocenters. The summed E-state index contributed by atoms with van der Waals surface area (Å²) in [5.41, 5.74) is 0. The fourth-order valence-electron chi connectivity index (χ4n) is 4.06. The van der Waals surface area contributed by atoms with E-state index in [1.807, 2.05) is 0 Å². The van der Waals surface area contributed by atoms with Crippen molar-refractivity contribution >= 4 is 12.1 Å². The number of hydrogen-bond acceptors (Lipinski definition) is 10. The van der Waals surface area contributed by atoms with Crippen molar-refractivity contribution in [2.45, 2.75) is 75.8 Å². The minimum absolute atomic E-state index is 0.0463. The summed E-state index contributed by atoms with van der Waals surface area (Å²) in [6.45, 7) is 5.35. The number of ether oxygens (including phenoxy) is 8. The molecule has 0 amide bonds. The summed E-state index contributed by atoms with van der Waals surface area (Å²) >= 11 is 0. The van der Waals surface area contributed by atoms with Crippen LogP contribution in [0.3, 0.4) is 0 Å². The van der Waals surface area contributed by atoms with E-state index in [1.54, 1.807) is 0 Å². The smallest absolute Gasteiger partial charge is 0.466 e. The van der Waals surface area contributed by atoms with E-state index in [2.05, 4.69) is 14.2 Å². The van der Waals surface area contributed by atoms with Crippen molar-refractivity contribution in [2.24, 2.45) is 0 Å².